The highest BCUT2D eigenvalue weighted by molar-refractivity contribution is 7.84. The van der Waals surface area contributed by atoms with Crippen LogP contribution in [0.3, 0.4) is 0 Å². The van der Waals surface area contributed by atoms with Crippen LogP contribution in [0.5, 0.6) is 0 Å². The lowest BCUT2D eigenvalue weighted by atomic mass is 10.1. The standard InChI is InChI=1S/C25H22N4O3S.H2O/c1-33(31)23-14-29(25-26-11-18(12-27-25)16-5-3-2-4-6-16)22-9-17(7-8-21(22)23)24(30)28-13-20-10-19(28)15-32-20;/h2-9,11-12,14,19-20H,10,13,15H2,1H3;1H2/t19-,20-,33?;/m1./s1. The number of hydrogen-bond acceptors (Lipinski definition) is 5. The fourth-order valence-electron chi connectivity index (χ4n) is 4.76. The highest BCUT2D eigenvalue weighted by Gasteiger charge is 2.41. The molecule has 4 aromatic rings. The van der Waals surface area contributed by atoms with E-state index in [4.69, 9.17) is 4.74 Å². The summed E-state index contributed by atoms with van der Waals surface area (Å²) in [4.78, 5) is 25.0. The maximum absolute atomic E-state index is 13.2. The second-order valence-electron chi connectivity index (χ2n) is 8.49. The molecule has 3 atom stereocenters. The van der Waals surface area contributed by atoms with Gasteiger partial charge in [-0.1, -0.05) is 36.4 Å². The third kappa shape index (κ3) is 3.71. The van der Waals surface area contributed by atoms with Crippen LogP contribution >= 0.6 is 0 Å². The topological polar surface area (TPSA) is 109 Å². The average Bonchev–Trinajstić information content (AvgIpc) is 3.58. The highest BCUT2D eigenvalue weighted by atomic mass is 32.2. The van der Waals surface area contributed by atoms with Crippen LogP contribution in [0.1, 0.15) is 16.8 Å². The van der Waals surface area contributed by atoms with Gasteiger partial charge in [0.25, 0.3) is 5.91 Å². The van der Waals surface area contributed by atoms with Crippen LogP contribution in [-0.2, 0) is 15.5 Å². The Balaban J connectivity index is 0.00000241. The zero-order valence-corrected chi connectivity index (χ0v) is 19.4. The van der Waals surface area contributed by atoms with Gasteiger partial charge in [-0.25, -0.2) is 9.97 Å². The van der Waals surface area contributed by atoms with Gasteiger partial charge in [-0.3, -0.25) is 13.6 Å². The van der Waals surface area contributed by atoms with Gasteiger partial charge in [0.15, 0.2) is 0 Å². The molecule has 6 rings (SSSR count). The molecule has 2 aromatic carbocycles. The predicted molar refractivity (Wildman–Crippen MR) is 129 cm³/mol. The molecule has 1 amide bonds. The zero-order valence-electron chi connectivity index (χ0n) is 18.5. The van der Waals surface area contributed by atoms with Gasteiger partial charge in [-0.05, 0) is 24.1 Å². The molecule has 4 heterocycles. The number of morpholine rings is 1. The summed E-state index contributed by atoms with van der Waals surface area (Å²) < 4.78 is 19.9. The van der Waals surface area contributed by atoms with Crippen LogP contribution in [0, 0.1) is 0 Å². The molecule has 0 spiro atoms. The third-order valence-corrected chi connectivity index (χ3v) is 7.39. The third-order valence-electron chi connectivity index (χ3n) is 6.45. The van der Waals surface area contributed by atoms with Crippen LogP contribution in [-0.4, -0.2) is 66.6 Å². The molecule has 2 aromatic heterocycles. The second-order valence-corrected chi connectivity index (χ2v) is 9.84. The molecule has 2 aliphatic rings. The molecule has 174 valence electrons. The van der Waals surface area contributed by atoms with E-state index < -0.39 is 10.8 Å². The summed E-state index contributed by atoms with van der Waals surface area (Å²) in [6.07, 6.45) is 8.07. The molecule has 2 bridgehead atoms. The van der Waals surface area contributed by atoms with Crippen molar-refractivity contribution in [3.63, 3.8) is 0 Å². The Morgan fingerprint density at radius 3 is 2.50 bits per heavy atom. The van der Waals surface area contributed by atoms with Crippen molar-refractivity contribution >= 4 is 27.6 Å². The van der Waals surface area contributed by atoms with E-state index in [0.717, 1.165) is 28.5 Å². The van der Waals surface area contributed by atoms with E-state index in [1.165, 1.54) is 0 Å². The van der Waals surface area contributed by atoms with Crippen molar-refractivity contribution < 1.29 is 19.2 Å². The number of rotatable bonds is 4. The quantitative estimate of drug-likeness (QED) is 0.450. The molecule has 0 saturated carbocycles. The van der Waals surface area contributed by atoms with E-state index >= 15 is 0 Å². The van der Waals surface area contributed by atoms with Crippen molar-refractivity contribution in [1.29, 1.82) is 0 Å². The first kappa shape index (κ1) is 22.4. The Labute approximate surface area is 199 Å². The van der Waals surface area contributed by atoms with E-state index in [9.17, 15) is 9.00 Å². The fraction of sp³-hybridized carbons (Fsp3) is 0.240. The SMILES string of the molecule is CS(=O)c1cn(-c2ncc(-c3ccccc3)cn2)c2cc(C(=O)N3C[C@H]4C[C@@H]3CO4)ccc12.O. The summed E-state index contributed by atoms with van der Waals surface area (Å²) in [5.41, 5.74) is 3.31. The predicted octanol–water partition coefficient (Wildman–Crippen LogP) is 2.61. The van der Waals surface area contributed by atoms with Crippen LogP contribution in [0.4, 0.5) is 0 Å². The largest absolute Gasteiger partial charge is 0.412 e. The van der Waals surface area contributed by atoms with Crippen molar-refractivity contribution in [2.45, 2.75) is 23.5 Å². The van der Waals surface area contributed by atoms with Crippen LogP contribution in [0.15, 0.2) is 72.0 Å². The maximum atomic E-state index is 13.2. The lowest BCUT2D eigenvalue weighted by molar-refractivity contribution is 0.0259. The van der Waals surface area contributed by atoms with Gasteiger partial charge in [0, 0.05) is 47.9 Å². The van der Waals surface area contributed by atoms with E-state index in [1.54, 1.807) is 24.8 Å². The monoisotopic (exact) mass is 476 g/mol. The smallest absolute Gasteiger partial charge is 0.254 e. The number of aromatic nitrogens is 3. The summed E-state index contributed by atoms with van der Waals surface area (Å²) in [6.45, 7) is 1.24. The Kier molecular flexibility index (Phi) is 5.76. The first-order valence-electron chi connectivity index (χ1n) is 10.9. The Hall–Kier alpha value is -3.40. The van der Waals surface area contributed by atoms with Crippen LogP contribution in [0.25, 0.3) is 28.0 Å². The van der Waals surface area contributed by atoms with Crippen molar-refractivity contribution in [1.82, 2.24) is 19.4 Å². The minimum absolute atomic E-state index is 0. The number of carbonyl (C=O) groups excluding carboxylic acids is 1. The summed E-state index contributed by atoms with van der Waals surface area (Å²) in [7, 11) is -1.20. The fourth-order valence-corrected chi connectivity index (χ4v) is 5.50. The molecular weight excluding hydrogens is 452 g/mol. The van der Waals surface area contributed by atoms with E-state index in [-0.39, 0.29) is 23.5 Å². The number of likely N-dealkylation sites (tertiary alicyclic amines) is 1. The molecule has 2 fully saturated rings. The molecule has 1 unspecified atom stereocenters. The Morgan fingerprint density at radius 1 is 1.09 bits per heavy atom. The van der Waals surface area contributed by atoms with Crippen LogP contribution in [0.2, 0.25) is 0 Å². The minimum atomic E-state index is -1.20. The lowest BCUT2D eigenvalue weighted by Gasteiger charge is -2.27. The number of fused-ring (bicyclic) bond motifs is 3. The molecule has 2 saturated heterocycles. The van der Waals surface area contributed by atoms with Crippen molar-refractivity contribution in [2.24, 2.45) is 0 Å². The van der Waals surface area contributed by atoms with E-state index in [0.29, 0.717) is 29.6 Å². The molecule has 9 heteroatoms. The zero-order chi connectivity index (χ0) is 22.5. The van der Waals surface area contributed by atoms with Gasteiger partial charge in [-0.15, -0.1) is 0 Å². The molecule has 8 nitrogen and oxygen atoms in total. The molecule has 2 N–H and O–H groups in total. The molecular formula is C25H24N4O4S. The summed E-state index contributed by atoms with van der Waals surface area (Å²) in [5.74, 6) is 0.467. The van der Waals surface area contributed by atoms with Crippen molar-refractivity contribution in [3.8, 4) is 17.1 Å². The molecule has 34 heavy (non-hydrogen) atoms. The minimum Gasteiger partial charge on any atom is -0.412 e. The highest BCUT2D eigenvalue weighted by Crippen LogP contribution is 2.31. The Morgan fingerprint density at radius 2 is 1.85 bits per heavy atom. The van der Waals surface area contributed by atoms with Crippen molar-refractivity contribution in [3.05, 3.63) is 72.7 Å². The molecule has 2 aliphatic heterocycles. The average molecular weight is 477 g/mol. The summed E-state index contributed by atoms with van der Waals surface area (Å²) in [6, 6.07) is 15.6. The first-order chi connectivity index (χ1) is 16.1. The number of ether oxygens (including phenoxy) is 1. The van der Waals surface area contributed by atoms with Gasteiger partial charge in [0.1, 0.15) is 0 Å². The number of nitrogens with zero attached hydrogens (tertiary/aromatic N) is 4. The number of benzene rings is 2. The Bertz CT molecular complexity index is 1390. The van der Waals surface area contributed by atoms with Gasteiger partial charge < -0.3 is 15.1 Å². The lowest BCUT2D eigenvalue weighted by Crippen LogP contribution is -2.41. The number of amides is 1. The van der Waals surface area contributed by atoms with E-state index in [1.807, 2.05) is 58.0 Å². The second kappa shape index (κ2) is 8.75. The maximum Gasteiger partial charge on any atom is 0.254 e. The van der Waals surface area contributed by atoms with Crippen LogP contribution < -0.4 is 0 Å². The van der Waals surface area contributed by atoms with E-state index in [2.05, 4.69) is 9.97 Å². The molecule has 0 radical (unpaired) electrons. The van der Waals surface area contributed by atoms with Gasteiger partial charge in [-0.2, -0.15) is 0 Å². The van der Waals surface area contributed by atoms with Crippen molar-refractivity contribution in [2.75, 3.05) is 19.4 Å². The summed E-state index contributed by atoms with van der Waals surface area (Å²) in [5, 5.41) is 0.828. The van der Waals surface area contributed by atoms with Gasteiger partial charge >= 0.3 is 0 Å². The van der Waals surface area contributed by atoms with Gasteiger partial charge in [0.05, 0.1) is 40.0 Å². The normalized spacial score (nSPS) is 19.9. The first-order valence-corrected chi connectivity index (χ1v) is 12.4. The van der Waals surface area contributed by atoms with Gasteiger partial charge in [0.2, 0.25) is 5.95 Å². The molecule has 0 aliphatic carbocycles. The number of hydrogen-bond donors (Lipinski definition) is 0. The number of carbonyl (C=O) groups is 1. The summed E-state index contributed by atoms with van der Waals surface area (Å²) >= 11 is 0.